The fourth-order valence-electron chi connectivity index (χ4n) is 6.91. The van der Waals surface area contributed by atoms with Crippen LogP contribution in [0.4, 0.5) is 0 Å². The number of thiol groups is 1. The van der Waals surface area contributed by atoms with Crippen molar-refractivity contribution in [1.82, 2.24) is 0 Å². The first kappa shape index (κ1) is 25.2. The summed E-state index contributed by atoms with van der Waals surface area (Å²) in [4.78, 5) is 1.44. The molecule has 1 aromatic carbocycles. The van der Waals surface area contributed by atoms with E-state index in [0.29, 0.717) is 11.8 Å². The number of rotatable bonds is 10. The summed E-state index contributed by atoms with van der Waals surface area (Å²) in [7, 11) is 0. The molecule has 0 heterocycles. The summed E-state index contributed by atoms with van der Waals surface area (Å²) in [5.41, 5.74) is 6.84. The third-order valence-electron chi connectivity index (χ3n) is 8.61. The van der Waals surface area contributed by atoms with Crippen molar-refractivity contribution in [3.8, 4) is 0 Å². The van der Waals surface area contributed by atoms with Gasteiger partial charge in [-0.2, -0.15) is 0 Å². The van der Waals surface area contributed by atoms with Crippen LogP contribution in [0.5, 0.6) is 0 Å². The van der Waals surface area contributed by atoms with Crippen LogP contribution in [-0.2, 0) is 0 Å². The Hall–Kier alpha value is -0.430. The molecule has 0 N–H and O–H groups in total. The van der Waals surface area contributed by atoms with Crippen molar-refractivity contribution >= 4 is 12.6 Å². The first-order valence-electron chi connectivity index (χ1n) is 14.1. The summed E-state index contributed by atoms with van der Waals surface area (Å²) in [5, 5.41) is 0. The van der Waals surface area contributed by atoms with Crippen LogP contribution in [0.3, 0.4) is 0 Å². The molecule has 0 aromatic heterocycles. The van der Waals surface area contributed by atoms with Crippen LogP contribution < -0.4 is 0 Å². The molecule has 176 valence electrons. The van der Waals surface area contributed by atoms with E-state index in [2.05, 4.69) is 33.8 Å². The van der Waals surface area contributed by atoms with Crippen molar-refractivity contribution in [3.63, 3.8) is 0 Å². The minimum Gasteiger partial charge on any atom is -0.143 e. The first-order chi connectivity index (χ1) is 15.2. The second-order valence-electron chi connectivity index (χ2n) is 10.7. The van der Waals surface area contributed by atoms with Crippen molar-refractivity contribution in [2.45, 2.75) is 159 Å². The van der Waals surface area contributed by atoms with Gasteiger partial charge in [0.05, 0.1) is 0 Å². The summed E-state index contributed by atoms with van der Waals surface area (Å²) < 4.78 is 0. The zero-order chi connectivity index (χ0) is 22.2. The zero-order valence-corrected chi connectivity index (χ0v) is 22.0. The fourth-order valence-corrected chi connectivity index (χ4v) is 7.53. The number of hydrogen-bond donors (Lipinski definition) is 1. The van der Waals surface area contributed by atoms with Crippen LogP contribution in [-0.4, -0.2) is 0 Å². The molecule has 0 saturated heterocycles. The molecular weight excluding hydrogens is 392 g/mol. The molecule has 0 bridgehead atoms. The molecule has 2 aliphatic carbocycles. The summed E-state index contributed by atoms with van der Waals surface area (Å²) in [6, 6.07) is 2.77. The highest BCUT2D eigenvalue weighted by Crippen LogP contribution is 2.49. The molecule has 0 amide bonds. The highest BCUT2D eigenvalue weighted by molar-refractivity contribution is 7.80. The molecule has 1 heteroatoms. The molecule has 2 saturated carbocycles. The van der Waals surface area contributed by atoms with Gasteiger partial charge in [0, 0.05) is 4.90 Å². The van der Waals surface area contributed by atoms with Crippen molar-refractivity contribution in [2.24, 2.45) is 0 Å². The normalized spacial score (nSPS) is 20.7. The average molecular weight is 443 g/mol. The molecule has 0 aliphatic heterocycles. The smallest absolute Gasteiger partial charge is 0.0115 e. The van der Waals surface area contributed by atoms with E-state index in [1.165, 1.54) is 108 Å². The molecule has 31 heavy (non-hydrogen) atoms. The van der Waals surface area contributed by atoms with Crippen molar-refractivity contribution in [2.75, 3.05) is 0 Å². The lowest BCUT2D eigenvalue weighted by Crippen LogP contribution is -2.18. The van der Waals surface area contributed by atoms with Crippen LogP contribution in [0.25, 0.3) is 0 Å². The maximum atomic E-state index is 5.47. The van der Waals surface area contributed by atoms with E-state index in [4.69, 9.17) is 12.6 Å². The molecule has 0 radical (unpaired) electrons. The van der Waals surface area contributed by atoms with Crippen LogP contribution in [0.2, 0.25) is 0 Å². The average Bonchev–Trinajstić information content (AvgIpc) is 2.82. The van der Waals surface area contributed by atoms with Crippen molar-refractivity contribution in [3.05, 3.63) is 28.3 Å². The molecule has 2 atom stereocenters. The van der Waals surface area contributed by atoms with Gasteiger partial charge in [0.1, 0.15) is 0 Å². The molecule has 2 aliphatic rings. The van der Waals surface area contributed by atoms with Gasteiger partial charge in [-0.3, -0.25) is 0 Å². The Bertz CT molecular complexity index is 632. The Labute approximate surface area is 199 Å². The third-order valence-corrected chi connectivity index (χ3v) is 9.09. The lowest BCUT2D eigenvalue weighted by atomic mass is 9.71. The largest absolute Gasteiger partial charge is 0.143 e. The molecule has 0 spiro atoms. The second kappa shape index (κ2) is 12.7. The summed E-state index contributed by atoms with van der Waals surface area (Å²) in [6.45, 7) is 9.56. The number of hydrogen-bond acceptors (Lipinski definition) is 1. The first-order valence-corrected chi connectivity index (χ1v) is 14.5. The van der Waals surface area contributed by atoms with Crippen LogP contribution in [0, 0.1) is 0 Å². The second-order valence-corrected chi connectivity index (χ2v) is 11.1. The summed E-state index contributed by atoms with van der Waals surface area (Å²) >= 11 is 5.47. The lowest BCUT2D eigenvalue weighted by Gasteiger charge is -2.35. The molecule has 0 nitrogen and oxygen atoms in total. The van der Waals surface area contributed by atoms with Gasteiger partial charge in [-0.15, -0.1) is 12.6 Å². The van der Waals surface area contributed by atoms with E-state index in [9.17, 15) is 0 Å². The van der Waals surface area contributed by atoms with E-state index in [0.717, 1.165) is 11.8 Å². The Morgan fingerprint density at radius 1 is 0.742 bits per heavy atom. The number of benzene rings is 1. The maximum absolute atomic E-state index is 5.47. The SMILES string of the molecule is CCCC(CC)c1cc(C2CCCCC2)c(C2CCCCC2)c(S)c1C(CC)CCC. The fraction of sp³-hybridized carbons (Fsp3) is 0.800. The van der Waals surface area contributed by atoms with Crippen LogP contribution >= 0.6 is 12.6 Å². The minimum atomic E-state index is 0.682. The van der Waals surface area contributed by atoms with E-state index in [1.54, 1.807) is 22.3 Å². The Morgan fingerprint density at radius 2 is 1.26 bits per heavy atom. The van der Waals surface area contributed by atoms with Crippen LogP contribution in [0.15, 0.2) is 11.0 Å². The summed E-state index contributed by atoms with van der Waals surface area (Å²) in [5.74, 6) is 2.94. The standard InChI is InChI=1S/C30H50S/c1-5-15-22(7-3)26-21-27(24-17-11-9-12-18-24)29(25-19-13-10-14-20-25)30(31)28(26)23(8-4)16-6-2/h21-25,31H,5-20H2,1-4H3. The molecule has 2 unspecified atom stereocenters. The highest BCUT2D eigenvalue weighted by atomic mass is 32.1. The molecular formula is C30H50S. The quantitative estimate of drug-likeness (QED) is 0.342. The van der Waals surface area contributed by atoms with Crippen molar-refractivity contribution in [1.29, 1.82) is 0 Å². The van der Waals surface area contributed by atoms with Crippen molar-refractivity contribution < 1.29 is 0 Å². The highest BCUT2D eigenvalue weighted by Gasteiger charge is 2.31. The van der Waals surface area contributed by atoms with Gasteiger partial charge >= 0.3 is 0 Å². The van der Waals surface area contributed by atoms with Gasteiger partial charge in [0.2, 0.25) is 0 Å². The maximum Gasteiger partial charge on any atom is 0.0115 e. The van der Waals surface area contributed by atoms with E-state index >= 15 is 0 Å². The molecule has 2 fully saturated rings. The zero-order valence-electron chi connectivity index (χ0n) is 21.1. The van der Waals surface area contributed by atoms with Gasteiger partial charge in [-0.1, -0.05) is 85.1 Å². The van der Waals surface area contributed by atoms with Gasteiger partial charge in [-0.25, -0.2) is 0 Å². The van der Waals surface area contributed by atoms with Crippen LogP contribution in [0.1, 0.15) is 176 Å². The topological polar surface area (TPSA) is 0 Å². The predicted octanol–water partition coefficient (Wildman–Crippen LogP) is 10.7. The Morgan fingerprint density at radius 3 is 1.77 bits per heavy atom. The van der Waals surface area contributed by atoms with Gasteiger partial charge in [0.15, 0.2) is 0 Å². The third kappa shape index (κ3) is 5.93. The Balaban J connectivity index is 2.21. The Kier molecular flexibility index (Phi) is 10.3. The summed E-state index contributed by atoms with van der Waals surface area (Å²) in [6.07, 6.45) is 21.9. The van der Waals surface area contributed by atoms with Gasteiger partial charge in [-0.05, 0) is 97.3 Å². The lowest BCUT2D eigenvalue weighted by molar-refractivity contribution is 0.412. The van der Waals surface area contributed by atoms with E-state index < -0.39 is 0 Å². The van der Waals surface area contributed by atoms with E-state index in [1.807, 2.05) is 0 Å². The predicted molar refractivity (Wildman–Crippen MR) is 141 cm³/mol. The van der Waals surface area contributed by atoms with E-state index in [-0.39, 0.29) is 0 Å². The van der Waals surface area contributed by atoms with Gasteiger partial charge in [0.25, 0.3) is 0 Å². The molecule has 3 rings (SSSR count). The molecule has 1 aromatic rings. The minimum absolute atomic E-state index is 0.682. The monoisotopic (exact) mass is 442 g/mol. The van der Waals surface area contributed by atoms with Gasteiger partial charge < -0.3 is 0 Å².